The maximum Gasteiger partial charge on any atom is 0.323 e. The largest absolute Gasteiger partial charge is 0.423 e. The van der Waals surface area contributed by atoms with E-state index < -0.39 is 0 Å². The van der Waals surface area contributed by atoms with Crippen molar-refractivity contribution in [1.82, 2.24) is 15.0 Å². The zero-order valence-electron chi connectivity index (χ0n) is 10.7. The van der Waals surface area contributed by atoms with Crippen LogP contribution in [0.3, 0.4) is 0 Å². The Morgan fingerprint density at radius 2 is 2.00 bits per heavy atom. The van der Waals surface area contributed by atoms with Crippen molar-refractivity contribution in [2.24, 2.45) is 0 Å². The van der Waals surface area contributed by atoms with Gasteiger partial charge in [-0.25, -0.2) is 4.79 Å². The van der Waals surface area contributed by atoms with Gasteiger partial charge in [0.15, 0.2) is 5.76 Å². The number of aromatic nitrogens is 3. The molecule has 0 spiro atoms. The summed E-state index contributed by atoms with van der Waals surface area (Å²) >= 11 is 0. The fraction of sp³-hybridized carbons (Fsp3) is 0.231. The number of nitrogens with two attached hydrogens (primary N) is 1. The maximum atomic E-state index is 11.2. The van der Waals surface area contributed by atoms with Gasteiger partial charge in [0.25, 0.3) is 6.01 Å². The summed E-state index contributed by atoms with van der Waals surface area (Å²) in [5.41, 5.74) is 8.54. The summed E-state index contributed by atoms with van der Waals surface area (Å²) < 4.78 is 5.48. The van der Waals surface area contributed by atoms with E-state index in [0.717, 1.165) is 22.3 Å². The predicted octanol–water partition coefficient (Wildman–Crippen LogP) is 2.22. The minimum Gasteiger partial charge on any atom is -0.423 e. The van der Waals surface area contributed by atoms with Crippen molar-refractivity contribution < 1.29 is 4.42 Å². The number of nitrogens with zero attached hydrogens (tertiary/aromatic N) is 1. The van der Waals surface area contributed by atoms with Gasteiger partial charge in [0, 0.05) is 5.56 Å². The van der Waals surface area contributed by atoms with Gasteiger partial charge in [-0.15, -0.1) is 0 Å². The average molecular weight is 258 g/mol. The first kappa shape index (κ1) is 11.6. The van der Waals surface area contributed by atoms with Crippen molar-refractivity contribution in [2.75, 3.05) is 5.73 Å². The summed E-state index contributed by atoms with van der Waals surface area (Å²) in [4.78, 5) is 20.9. The topological polar surface area (TPSA) is 101 Å². The molecule has 0 amide bonds. The van der Waals surface area contributed by atoms with E-state index >= 15 is 0 Å². The molecule has 19 heavy (non-hydrogen) atoms. The highest BCUT2D eigenvalue weighted by atomic mass is 16.4. The van der Waals surface area contributed by atoms with Crippen molar-refractivity contribution in [3.05, 3.63) is 34.4 Å². The van der Waals surface area contributed by atoms with Crippen LogP contribution in [0.2, 0.25) is 0 Å². The van der Waals surface area contributed by atoms with E-state index in [4.69, 9.17) is 10.2 Å². The number of rotatable bonds is 2. The number of H-pyrrole nitrogens is 2. The summed E-state index contributed by atoms with van der Waals surface area (Å²) in [7, 11) is 0. The van der Waals surface area contributed by atoms with Gasteiger partial charge in [0.05, 0.1) is 16.7 Å². The number of anilines is 1. The third-order valence-corrected chi connectivity index (χ3v) is 2.99. The highest BCUT2D eigenvalue weighted by molar-refractivity contribution is 5.80. The molecule has 0 aliphatic rings. The molecule has 0 atom stereocenters. The predicted molar refractivity (Wildman–Crippen MR) is 72.9 cm³/mol. The molecule has 0 unspecified atom stereocenters. The van der Waals surface area contributed by atoms with Gasteiger partial charge in [0.1, 0.15) is 0 Å². The molecule has 3 rings (SSSR count). The number of hydrogen-bond acceptors (Lipinski definition) is 4. The van der Waals surface area contributed by atoms with Crippen LogP contribution in [0.15, 0.2) is 27.4 Å². The Balaban J connectivity index is 2.20. The van der Waals surface area contributed by atoms with Gasteiger partial charge in [-0.2, -0.15) is 4.98 Å². The second-order valence-electron chi connectivity index (χ2n) is 4.76. The molecule has 0 bridgehead atoms. The molecule has 4 N–H and O–H groups in total. The Morgan fingerprint density at radius 3 is 2.74 bits per heavy atom. The summed E-state index contributed by atoms with van der Waals surface area (Å²) in [5.74, 6) is 0.855. The van der Waals surface area contributed by atoms with Crippen LogP contribution in [0.5, 0.6) is 0 Å². The standard InChI is InChI=1S/C13H14N4O2/c1-6(2)10-11(19-12(14)17-10)7-3-4-8-9(5-7)16-13(18)15-8/h3-6H,1-2H3,(H2,14,17)(H2,15,16,18). The molecule has 0 radical (unpaired) electrons. The maximum absolute atomic E-state index is 11.2. The molecular weight excluding hydrogens is 244 g/mol. The van der Waals surface area contributed by atoms with E-state index in [-0.39, 0.29) is 17.6 Å². The van der Waals surface area contributed by atoms with E-state index in [9.17, 15) is 4.79 Å². The lowest BCUT2D eigenvalue weighted by Crippen LogP contribution is -1.99. The fourth-order valence-corrected chi connectivity index (χ4v) is 2.12. The zero-order chi connectivity index (χ0) is 13.6. The number of aromatic amines is 2. The van der Waals surface area contributed by atoms with Crippen LogP contribution in [-0.4, -0.2) is 15.0 Å². The minimum absolute atomic E-state index is 0.154. The molecule has 98 valence electrons. The van der Waals surface area contributed by atoms with Gasteiger partial charge >= 0.3 is 5.69 Å². The molecule has 1 aromatic carbocycles. The Bertz CT molecular complexity index is 794. The van der Waals surface area contributed by atoms with Crippen molar-refractivity contribution >= 4 is 17.0 Å². The molecule has 3 aromatic rings. The molecule has 2 aromatic heterocycles. The molecule has 0 saturated heterocycles. The third-order valence-electron chi connectivity index (χ3n) is 2.99. The molecular formula is C13H14N4O2. The number of imidazole rings is 1. The van der Waals surface area contributed by atoms with Crippen LogP contribution in [0, 0.1) is 0 Å². The van der Waals surface area contributed by atoms with Gasteiger partial charge < -0.3 is 20.1 Å². The summed E-state index contributed by atoms with van der Waals surface area (Å²) in [6, 6.07) is 5.70. The van der Waals surface area contributed by atoms with Gasteiger partial charge in [-0.05, 0) is 24.1 Å². The summed E-state index contributed by atoms with van der Waals surface area (Å²) in [6.07, 6.45) is 0. The van der Waals surface area contributed by atoms with Gasteiger partial charge in [0.2, 0.25) is 0 Å². The lowest BCUT2D eigenvalue weighted by atomic mass is 10.0. The molecule has 6 heteroatoms. The van der Waals surface area contributed by atoms with Crippen LogP contribution in [0.4, 0.5) is 6.01 Å². The number of benzene rings is 1. The fourth-order valence-electron chi connectivity index (χ4n) is 2.12. The lowest BCUT2D eigenvalue weighted by molar-refractivity contribution is 0.592. The Kier molecular flexibility index (Phi) is 2.45. The SMILES string of the molecule is CC(C)c1nc(N)oc1-c1ccc2[nH]c(=O)[nH]c2c1. The highest BCUT2D eigenvalue weighted by Crippen LogP contribution is 2.31. The number of nitrogen functional groups attached to an aromatic ring is 1. The summed E-state index contributed by atoms with van der Waals surface area (Å²) in [5, 5.41) is 0. The first-order valence-corrected chi connectivity index (χ1v) is 6.03. The van der Waals surface area contributed by atoms with Crippen molar-refractivity contribution in [1.29, 1.82) is 0 Å². The quantitative estimate of drug-likeness (QED) is 0.656. The average Bonchev–Trinajstić information content (AvgIpc) is 2.89. The van der Waals surface area contributed by atoms with E-state index in [1.807, 2.05) is 32.0 Å². The monoisotopic (exact) mass is 258 g/mol. The number of hydrogen-bond donors (Lipinski definition) is 3. The first-order valence-electron chi connectivity index (χ1n) is 6.03. The Morgan fingerprint density at radius 1 is 1.26 bits per heavy atom. The lowest BCUT2D eigenvalue weighted by Gasteiger charge is -2.03. The second-order valence-corrected chi connectivity index (χ2v) is 4.76. The molecule has 0 aliphatic carbocycles. The minimum atomic E-state index is -0.228. The molecule has 6 nitrogen and oxygen atoms in total. The van der Waals surface area contributed by atoms with E-state index in [1.165, 1.54) is 0 Å². The highest BCUT2D eigenvalue weighted by Gasteiger charge is 2.17. The number of oxazole rings is 1. The molecule has 0 saturated carbocycles. The molecule has 2 heterocycles. The zero-order valence-corrected chi connectivity index (χ0v) is 10.7. The first-order chi connectivity index (χ1) is 9.04. The van der Waals surface area contributed by atoms with Crippen molar-refractivity contribution in [2.45, 2.75) is 19.8 Å². The van der Waals surface area contributed by atoms with Crippen molar-refractivity contribution in [3.63, 3.8) is 0 Å². The van der Waals surface area contributed by atoms with Crippen LogP contribution < -0.4 is 11.4 Å². The van der Waals surface area contributed by atoms with Crippen LogP contribution in [-0.2, 0) is 0 Å². The summed E-state index contributed by atoms with van der Waals surface area (Å²) in [6.45, 7) is 4.05. The van der Waals surface area contributed by atoms with E-state index in [0.29, 0.717) is 5.76 Å². The van der Waals surface area contributed by atoms with Gasteiger partial charge in [-0.1, -0.05) is 13.8 Å². The smallest absolute Gasteiger partial charge is 0.323 e. The Hall–Kier alpha value is -2.50. The van der Waals surface area contributed by atoms with Crippen LogP contribution in [0.1, 0.15) is 25.5 Å². The van der Waals surface area contributed by atoms with Crippen molar-refractivity contribution in [3.8, 4) is 11.3 Å². The van der Waals surface area contributed by atoms with Crippen LogP contribution >= 0.6 is 0 Å². The van der Waals surface area contributed by atoms with Gasteiger partial charge in [-0.3, -0.25) is 0 Å². The van der Waals surface area contributed by atoms with E-state index in [2.05, 4.69) is 15.0 Å². The normalized spacial score (nSPS) is 11.5. The number of fused-ring (bicyclic) bond motifs is 1. The third kappa shape index (κ3) is 1.91. The molecule has 0 fully saturated rings. The van der Waals surface area contributed by atoms with E-state index in [1.54, 1.807) is 0 Å². The van der Waals surface area contributed by atoms with Crippen LogP contribution in [0.25, 0.3) is 22.4 Å². The number of nitrogens with one attached hydrogen (secondary N) is 2. The molecule has 0 aliphatic heterocycles. The second kappa shape index (κ2) is 4.01. The Labute approximate surface area is 108 Å².